The van der Waals surface area contributed by atoms with Crippen LogP contribution in [0.2, 0.25) is 0 Å². The van der Waals surface area contributed by atoms with E-state index in [2.05, 4.69) is 4.98 Å². The summed E-state index contributed by atoms with van der Waals surface area (Å²) in [4.78, 5) is 4.57. The van der Waals surface area contributed by atoms with Crippen molar-refractivity contribution in [3.8, 4) is 5.88 Å². The van der Waals surface area contributed by atoms with Gasteiger partial charge in [0.25, 0.3) is 0 Å². The summed E-state index contributed by atoms with van der Waals surface area (Å²) in [5.74, 6) is 1.12. The molecule has 104 valence electrons. The van der Waals surface area contributed by atoms with E-state index in [0.29, 0.717) is 11.6 Å². The van der Waals surface area contributed by atoms with Crippen LogP contribution < -0.4 is 4.74 Å². The van der Waals surface area contributed by atoms with Gasteiger partial charge in [-0.25, -0.2) is 4.98 Å². The summed E-state index contributed by atoms with van der Waals surface area (Å²) >= 11 is 5.89. The molecule has 0 saturated carbocycles. The highest BCUT2D eigenvalue weighted by molar-refractivity contribution is 6.27. The Labute approximate surface area is 128 Å². The van der Waals surface area contributed by atoms with Gasteiger partial charge in [-0.1, -0.05) is 60.1 Å². The third-order valence-corrected chi connectivity index (χ3v) is 3.47. The SMILES string of the molecule is Cc1cccc2ccc(O/C(=C/Cl)c3ccccc3)nc12. The van der Waals surface area contributed by atoms with Gasteiger partial charge < -0.3 is 4.74 Å². The number of fused-ring (bicyclic) bond motifs is 1. The molecule has 0 aliphatic rings. The highest BCUT2D eigenvalue weighted by Gasteiger charge is 2.06. The van der Waals surface area contributed by atoms with Crippen LogP contribution in [0.1, 0.15) is 11.1 Å². The average molecular weight is 296 g/mol. The number of hydrogen-bond acceptors (Lipinski definition) is 2. The van der Waals surface area contributed by atoms with Crippen molar-refractivity contribution in [3.05, 3.63) is 77.3 Å². The zero-order valence-electron chi connectivity index (χ0n) is 11.6. The van der Waals surface area contributed by atoms with Crippen molar-refractivity contribution < 1.29 is 4.74 Å². The first-order chi connectivity index (χ1) is 10.3. The van der Waals surface area contributed by atoms with Crippen LogP contribution in [0.25, 0.3) is 16.7 Å². The number of benzene rings is 2. The molecule has 0 saturated heterocycles. The molecular weight excluding hydrogens is 282 g/mol. The second-order valence-corrected chi connectivity index (χ2v) is 4.96. The maximum atomic E-state index is 5.89. The number of nitrogens with zero attached hydrogens (tertiary/aromatic N) is 1. The lowest BCUT2D eigenvalue weighted by molar-refractivity contribution is 0.497. The minimum atomic E-state index is 0.535. The van der Waals surface area contributed by atoms with Crippen LogP contribution in [0.4, 0.5) is 0 Å². The number of pyridine rings is 1. The second-order valence-electron chi connectivity index (χ2n) is 4.74. The van der Waals surface area contributed by atoms with E-state index < -0.39 is 0 Å². The van der Waals surface area contributed by atoms with Gasteiger partial charge >= 0.3 is 0 Å². The molecule has 0 aliphatic heterocycles. The van der Waals surface area contributed by atoms with Crippen molar-refractivity contribution in [2.45, 2.75) is 6.92 Å². The van der Waals surface area contributed by atoms with E-state index in [1.54, 1.807) is 0 Å². The van der Waals surface area contributed by atoms with E-state index in [1.807, 2.05) is 67.6 Å². The predicted molar refractivity (Wildman–Crippen MR) is 87.4 cm³/mol. The quantitative estimate of drug-likeness (QED) is 0.623. The summed E-state index contributed by atoms with van der Waals surface area (Å²) in [6.45, 7) is 2.04. The number of rotatable bonds is 3. The fraction of sp³-hybridized carbons (Fsp3) is 0.0556. The van der Waals surface area contributed by atoms with Crippen molar-refractivity contribution in [1.29, 1.82) is 0 Å². The molecule has 3 rings (SSSR count). The molecule has 3 heteroatoms. The van der Waals surface area contributed by atoms with Crippen molar-refractivity contribution in [2.75, 3.05) is 0 Å². The molecule has 2 nitrogen and oxygen atoms in total. The standard InChI is InChI=1S/C18H14ClNO/c1-13-6-5-9-15-10-11-17(20-18(13)15)21-16(12-19)14-7-3-2-4-8-14/h2-12H,1H3/b16-12+. The van der Waals surface area contributed by atoms with Gasteiger partial charge in [-0.05, 0) is 18.6 Å². The van der Waals surface area contributed by atoms with Crippen LogP contribution in [0.15, 0.2) is 66.2 Å². The first kappa shape index (κ1) is 13.7. The lowest BCUT2D eigenvalue weighted by atomic mass is 10.1. The van der Waals surface area contributed by atoms with Gasteiger partial charge in [-0.2, -0.15) is 0 Å². The van der Waals surface area contributed by atoms with Crippen molar-refractivity contribution in [1.82, 2.24) is 4.98 Å². The average Bonchev–Trinajstić information content (AvgIpc) is 2.54. The Hall–Kier alpha value is -2.32. The number of aryl methyl sites for hydroxylation is 1. The van der Waals surface area contributed by atoms with E-state index in [-0.39, 0.29) is 0 Å². The molecule has 0 aliphatic carbocycles. The molecule has 0 unspecified atom stereocenters. The van der Waals surface area contributed by atoms with Crippen molar-refractivity contribution in [3.63, 3.8) is 0 Å². The Bertz CT molecular complexity index is 797. The summed E-state index contributed by atoms with van der Waals surface area (Å²) < 4.78 is 5.83. The largest absolute Gasteiger partial charge is 0.437 e. The molecule has 0 fully saturated rings. The summed E-state index contributed by atoms with van der Waals surface area (Å²) in [5, 5.41) is 1.10. The summed E-state index contributed by atoms with van der Waals surface area (Å²) in [6.07, 6.45) is 0. The fourth-order valence-electron chi connectivity index (χ4n) is 2.19. The minimum absolute atomic E-state index is 0.535. The third-order valence-electron chi connectivity index (χ3n) is 3.27. The Morgan fingerprint density at radius 2 is 1.81 bits per heavy atom. The van der Waals surface area contributed by atoms with Gasteiger partial charge in [0.15, 0.2) is 0 Å². The van der Waals surface area contributed by atoms with Crippen LogP contribution in [0.5, 0.6) is 5.88 Å². The molecule has 0 radical (unpaired) electrons. The highest BCUT2D eigenvalue weighted by atomic mass is 35.5. The summed E-state index contributed by atoms with van der Waals surface area (Å²) in [5.41, 5.74) is 4.41. The lowest BCUT2D eigenvalue weighted by Gasteiger charge is -2.10. The summed E-state index contributed by atoms with van der Waals surface area (Å²) in [6, 6.07) is 19.7. The first-order valence-corrected chi connectivity index (χ1v) is 7.11. The van der Waals surface area contributed by atoms with Gasteiger partial charge in [0.1, 0.15) is 5.76 Å². The number of halogens is 1. The van der Waals surface area contributed by atoms with Gasteiger partial charge in [-0.15, -0.1) is 0 Å². The minimum Gasteiger partial charge on any atom is -0.437 e. The van der Waals surface area contributed by atoms with Crippen LogP contribution in [0, 0.1) is 6.92 Å². The maximum absolute atomic E-state index is 5.89. The van der Waals surface area contributed by atoms with E-state index in [0.717, 1.165) is 22.0 Å². The molecule has 0 N–H and O–H groups in total. The molecule has 0 spiro atoms. The number of aromatic nitrogens is 1. The number of para-hydroxylation sites is 1. The van der Waals surface area contributed by atoms with E-state index >= 15 is 0 Å². The number of hydrogen-bond donors (Lipinski definition) is 0. The zero-order valence-corrected chi connectivity index (χ0v) is 12.3. The lowest BCUT2D eigenvalue weighted by Crippen LogP contribution is -1.96. The molecular formula is C18H14ClNO. The summed E-state index contributed by atoms with van der Waals surface area (Å²) in [7, 11) is 0. The molecule has 2 aromatic carbocycles. The third kappa shape index (κ3) is 2.91. The van der Waals surface area contributed by atoms with Crippen LogP contribution >= 0.6 is 11.6 Å². The molecule has 0 amide bonds. The van der Waals surface area contributed by atoms with Gasteiger partial charge in [0.2, 0.25) is 5.88 Å². The predicted octanol–water partition coefficient (Wildman–Crippen LogP) is 5.16. The van der Waals surface area contributed by atoms with Crippen LogP contribution in [0.3, 0.4) is 0 Å². The van der Waals surface area contributed by atoms with E-state index in [1.165, 1.54) is 5.54 Å². The first-order valence-electron chi connectivity index (χ1n) is 6.68. The molecule has 3 aromatic rings. The second kappa shape index (κ2) is 5.98. The maximum Gasteiger partial charge on any atom is 0.219 e. The van der Waals surface area contributed by atoms with E-state index in [4.69, 9.17) is 16.3 Å². The van der Waals surface area contributed by atoms with Gasteiger partial charge in [0, 0.05) is 22.6 Å². The Morgan fingerprint density at radius 1 is 1.00 bits per heavy atom. The topological polar surface area (TPSA) is 22.1 Å². The zero-order chi connectivity index (χ0) is 14.7. The van der Waals surface area contributed by atoms with Gasteiger partial charge in [0.05, 0.1) is 5.52 Å². The monoisotopic (exact) mass is 295 g/mol. The van der Waals surface area contributed by atoms with Gasteiger partial charge in [-0.3, -0.25) is 0 Å². The smallest absolute Gasteiger partial charge is 0.219 e. The Kier molecular flexibility index (Phi) is 3.89. The molecule has 0 bridgehead atoms. The Balaban J connectivity index is 1.96. The molecule has 21 heavy (non-hydrogen) atoms. The molecule has 1 heterocycles. The molecule has 1 aromatic heterocycles. The highest BCUT2D eigenvalue weighted by Crippen LogP contribution is 2.24. The van der Waals surface area contributed by atoms with Crippen LogP contribution in [-0.2, 0) is 0 Å². The normalized spacial score (nSPS) is 11.6. The van der Waals surface area contributed by atoms with Crippen LogP contribution in [-0.4, -0.2) is 4.98 Å². The number of ether oxygens (including phenoxy) is 1. The van der Waals surface area contributed by atoms with Crippen molar-refractivity contribution >= 4 is 28.3 Å². The molecule has 0 atom stereocenters. The van der Waals surface area contributed by atoms with Crippen molar-refractivity contribution in [2.24, 2.45) is 0 Å². The van der Waals surface area contributed by atoms with E-state index in [9.17, 15) is 0 Å². The Morgan fingerprint density at radius 3 is 2.57 bits per heavy atom. The fourth-order valence-corrected chi connectivity index (χ4v) is 2.36.